The van der Waals surface area contributed by atoms with E-state index in [1.807, 2.05) is 36.4 Å². The van der Waals surface area contributed by atoms with Crippen molar-refractivity contribution < 1.29 is 19.1 Å². The quantitative estimate of drug-likeness (QED) is 0.199. The molecule has 0 aliphatic heterocycles. The van der Waals surface area contributed by atoms with Crippen LogP contribution < -0.4 is 9.47 Å². The topological polar surface area (TPSA) is 52.6 Å². The van der Waals surface area contributed by atoms with E-state index in [2.05, 4.69) is 24.3 Å². The second-order valence-electron chi connectivity index (χ2n) is 6.70. The average Bonchev–Trinajstić information content (AvgIpc) is 2.71. The first-order chi connectivity index (χ1) is 14.5. The van der Waals surface area contributed by atoms with Crippen molar-refractivity contribution in [2.45, 2.75) is 23.6 Å². The first-order valence-electron chi connectivity index (χ1n) is 9.25. The maximum absolute atomic E-state index is 11.1. The zero-order chi connectivity index (χ0) is 21.1. The summed E-state index contributed by atoms with van der Waals surface area (Å²) in [5.74, 6) is 0.461. The van der Waals surface area contributed by atoms with Gasteiger partial charge in [-0.15, -0.1) is 0 Å². The Kier molecular flexibility index (Phi) is 5.97. The first-order valence-corrected chi connectivity index (χ1v) is 11.4. The molecule has 4 aromatic rings. The van der Waals surface area contributed by atoms with Crippen LogP contribution in [0.5, 0.6) is 11.5 Å². The Labute approximate surface area is 182 Å². The van der Waals surface area contributed by atoms with Crippen LogP contribution in [0.25, 0.3) is 21.5 Å². The Morgan fingerprint density at radius 3 is 1.33 bits per heavy atom. The van der Waals surface area contributed by atoms with Crippen LogP contribution in [0.2, 0.25) is 0 Å². The highest BCUT2D eigenvalue weighted by molar-refractivity contribution is 8.76. The summed E-state index contributed by atoms with van der Waals surface area (Å²) in [6.07, 6.45) is 0. The van der Waals surface area contributed by atoms with E-state index >= 15 is 0 Å². The molecule has 6 heteroatoms. The van der Waals surface area contributed by atoms with E-state index in [1.165, 1.54) is 13.8 Å². The molecule has 0 aromatic heterocycles. The van der Waals surface area contributed by atoms with Crippen LogP contribution in [0.15, 0.2) is 82.6 Å². The third-order valence-corrected chi connectivity index (χ3v) is 6.70. The van der Waals surface area contributed by atoms with Crippen LogP contribution in [0.4, 0.5) is 0 Å². The summed E-state index contributed by atoms with van der Waals surface area (Å²) < 4.78 is 10.3. The Morgan fingerprint density at radius 2 is 0.933 bits per heavy atom. The predicted octanol–water partition coefficient (Wildman–Crippen LogP) is 6.64. The van der Waals surface area contributed by atoms with Gasteiger partial charge in [0, 0.05) is 23.6 Å². The maximum atomic E-state index is 11.1. The summed E-state index contributed by atoms with van der Waals surface area (Å²) in [6.45, 7) is 2.79. The Morgan fingerprint density at radius 1 is 0.567 bits per heavy atom. The normalized spacial score (nSPS) is 10.9. The van der Waals surface area contributed by atoms with Gasteiger partial charge in [-0.2, -0.15) is 0 Å². The highest BCUT2D eigenvalue weighted by Gasteiger charge is 2.05. The molecular formula is C24H18O4S2. The van der Waals surface area contributed by atoms with Crippen molar-refractivity contribution in [1.82, 2.24) is 0 Å². The van der Waals surface area contributed by atoms with Gasteiger partial charge in [0.15, 0.2) is 0 Å². The van der Waals surface area contributed by atoms with E-state index in [4.69, 9.17) is 9.47 Å². The van der Waals surface area contributed by atoms with E-state index in [0.717, 1.165) is 31.3 Å². The molecule has 0 heterocycles. The number of fused-ring (bicyclic) bond motifs is 2. The van der Waals surface area contributed by atoms with Gasteiger partial charge >= 0.3 is 11.9 Å². The third-order valence-electron chi connectivity index (χ3n) is 4.32. The fraction of sp³-hybridized carbons (Fsp3) is 0.0833. The average molecular weight is 435 g/mol. The minimum Gasteiger partial charge on any atom is -0.427 e. The summed E-state index contributed by atoms with van der Waals surface area (Å²) in [5, 5.41) is 4.23. The van der Waals surface area contributed by atoms with Crippen LogP contribution in [-0.4, -0.2) is 11.9 Å². The highest BCUT2D eigenvalue weighted by Crippen LogP contribution is 2.40. The summed E-state index contributed by atoms with van der Waals surface area (Å²) in [6, 6.07) is 23.7. The summed E-state index contributed by atoms with van der Waals surface area (Å²) in [4.78, 5) is 24.5. The summed E-state index contributed by atoms with van der Waals surface area (Å²) in [7, 11) is 3.37. The van der Waals surface area contributed by atoms with Crippen molar-refractivity contribution in [3.05, 3.63) is 72.8 Å². The Bertz CT molecular complexity index is 1170. The smallest absolute Gasteiger partial charge is 0.308 e. The molecule has 0 bridgehead atoms. The van der Waals surface area contributed by atoms with Crippen LogP contribution >= 0.6 is 21.6 Å². The number of ether oxygens (including phenoxy) is 2. The van der Waals surface area contributed by atoms with Gasteiger partial charge < -0.3 is 9.47 Å². The molecule has 4 aromatic carbocycles. The second-order valence-corrected chi connectivity index (χ2v) is 8.97. The number of rotatable bonds is 5. The van der Waals surface area contributed by atoms with Crippen LogP contribution in [0, 0.1) is 0 Å². The van der Waals surface area contributed by atoms with Crippen molar-refractivity contribution in [2.24, 2.45) is 0 Å². The second kappa shape index (κ2) is 8.81. The maximum Gasteiger partial charge on any atom is 0.308 e. The molecule has 0 N–H and O–H groups in total. The number of benzene rings is 4. The van der Waals surface area contributed by atoms with Crippen molar-refractivity contribution in [3.63, 3.8) is 0 Å². The van der Waals surface area contributed by atoms with Crippen LogP contribution in [-0.2, 0) is 9.59 Å². The van der Waals surface area contributed by atoms with Gasteiger partial charge in [0.05, 0.1) is 0 Å². The molecule has 0 saturated carbocycles. The lowest BCUT2D eigenvalue weighted by molar-refractivity contribution is -0.132. The predicted molar refractivity (Wildman–Crippen MR) is 122 cm³/mol. The largest absolute Gasteiger partial charge is 0.427 e. The molecule has 0 aliphatic rings. The van der Waals surface area contributed by atoms with E-state index in [9.17, 15) is 9.59 Å². The monoisotopic (exact) mass is 434 g/mol. The molecule has 0 atom stereocenters. The van der Waals surface area contributed by atoms with Crippen molar-refractivity contribution in [1.29, 1.82) is 0 Å². The van der Waals surface area contributed by atoms with Crippen molar-refractivity contribution >= 4 is 55.1 Å². The minimum absolute atomic E-state index is 0.323. The van der Waals surface area contributed by atoms with E-state index in [-0.39, 0.29) is 11.9 Å². The summed E-state index contributed by atoms with van der Waals surface area (Å²) in [5.41, 5.74) is 0. The fourth-order valence-corrected chi connectivity index (χ4v) is 5.05. The molecule has 0 radical (unpaired) electrons. The Hall–Kier alpha value is -2.96. The lowest BCUT2D eigenvalue weighted by Gasteiger charge is -2.07. The molecule has 4 rings (SSSR count). The summed E-state index contributed by atoms with van der Waals surface area (Å²) >= 11 is 0. The van der Waals surface area contributed by atoms with E-state index < -0.39 is 0 Å². The standard InChI is InChI=1S/C24H18O4S2/c1-15(25)27-21-7-3-19-13-23(9-5-17(19)11-21)29-30-24-10-6-18-12-22(28-16(2)26)8-4-20(18)14-24/h3-14H,1-2H3. The number of hydrogen-bond donors (Lipinski definition) is 0. The molecule has 0 fully saturated rings. The number of carbonyl (C=O) groups excluding carboxylic acids is 2. The van der Waals surface area contributed by atoms with Crippen molar-refractivity contribution in [2.75, 3.05) is 0 Å². The van der Waals surface area contributed by atoms with Crippen LogP contribution in [0.3, 0.4) is 0 Å². The molecule has 0 spiro atoms. The molecule has 0 saturated heterocycles. The zero-order valence-electron chi connectivity index (χ0n) is 16.4. The van der Waals surface area contributed by atoms with Gasteiger partial charge in [0.1, 0.15) is 11.5 Å². The molecule has 0 amide bonds. The van der Waals surface area contributed by atoms with Crippen molar-refractivity contribution in [3.8, 4) is 11.5 Å². The van der Waals surface area contributed by atoms with Gasteiger partial charge in [-0.05, 0) is 70.1 Å². The first kappa shape index (κ1) is 20.3. The van der Waals surface area contributed by atoms with E-state index in [1.54, 1.807) is 33.7 Å². The molecular weight excluding hydrogens is 416 g/mol. The number of esters is 2. The molecule has 150 valence electrons. The molecule has 30 heavy (non-hydrogen) atoms. The zero-order valence-corrected chi connectivity index (χ0v) is 18.0. The van der Waals surface area contributed by atoms with Gasteiger partial charge in [-0.1, -0.05) is 45.9 Å². The van der Waals surface area contributed by atoms with E-state index in [0.29, 0.717) is 11.5 Å². The van der Waals surface area contributed by atoms with Gasteiger partial charge in [-0.3, -0.25) is 9.59 Å². The number of carbonyl (C=O) groups is 2. The highest BCUT2D eigenvalue weighted by atomic mass is 33.1. The fourth-order valence-electron chi connectivity index (χ4n) is 3.06. The SMILES string of the molecule is CC(=O)Oc1ccc2cc(SSc3ccc4cc(OC(C)=O)ccc4c3)ccc2c1. The lowest BCUT2D eigenvalue weighted by Crippen LogP contribution is -2.00. The minimum atomic E-state index is -0.323. The molecule has 4 nitrogen and oxygen atoms in total. The number of hydrogen-bond acceptors (Lipinski definition) is 6. The van der Waals surface area contributed by atoms with Gasteiger partial charge in [0.25, 0.3) is 0 Å². The van der Waals surface area contributed by atoms with Gasteiger partial charge in [0.2, 0.25) is 0 Å². The molecule has 0 unspecified atom stereocenters. The Balaban J connectivity index is 1.48. The van der Waals surface area contributed by atoms with Gasteiger partial charge in [-0.25, -0.2) is 0 Å². The van der Waals surface area contributed by atoms with Crippen LogP contribution in [0.1, 0.15) is 13.8 Å². The molecule has 0 aliphatic carbocycles. The lowest BCUT2D eigenvalue weighted by atomic mass is 10.1. The third kappa shape index (κ3) is 4.96.